The number of allylic oxidation sites excluding steroid dienone is 2. The van der Waals surface area contributed by atoms with Crippen molar-refractivity contribution in [2.45, 2.75) is 26.7 Å². The van der Waals surface area contributed by atoms with Crippen LogP contribution in [0.1, 0.15) is 26.7 Å². The summed E-state index contributed by atoms with van der Waals surface area (Å²) in [6.07, 6.45) is 6.37. The summed E-state index contributed by atoms with van der Waals surface area (Å²) in [4.78, 5) is 4.35. The number of rotatable bonds is 2. The average molecular weight is 306 g/mol. The van der Waals surface area contributed by atoms with Crippen LogP contribution in [0.2, 0.25) is 0 Å². The molecule has 56 valence electrons. The average Bonchev–Trinajstić information content (AvgIpc) is 2.34. The van der Waals surface area contributed by atoms with Gasteiger partial charge in [0, 0.05) is 26.8 Å². The van der Waals surface area contributed by atoms with Crippen molar-refractivity contribution >= 4 is 5.71 Å². The molecule has 10 heavy (non-hydrogen) atoms. The quantitative estimate of drug-likeness (QED) is 0.695. The first-order valence-electron chi connectivity index (χ1n) is 3.42. The summed E-state index contributed by atoms with van der Waals surface area (Å²) in [6, 6.07) is 0. The standard InChI is InChI=1S/C8H12N.W/c1-3-7-5-6-8(4-2)9-7;/h3,6H,4-5H2,1-2H3;/q-1;. The Morgan fingerprint density at radius 1 is 1.70 bits per heavy atom. The molecule has 1 heterocycles. The van der Waals surface area contributed by atoms with Crippen LogP contribution >= 0.6 is 0 Å². The van der Waals surface area contributed by atoms with Crippen molar-refractivity contribution in [1.82, 2.24) is 0 Å². The molecule has 0 bridgehead atoms. The molecule has 0 amide bonds. The number of aliphatic imine (C=N–C) groups is 1. The van der Waals surface area contributed by atoms with Crippen molar-refractivity contribution in [3.8, 4) is 0 Å². The number of nitrogens with zero attached hydrogens (tertiary/aromatic N) is 1. The third kappa shape index (κ3) is 2.30. The second-order valence-corrected chi connectivity index (χ2v) is 2.14. The van der Waals surface area contributed by atoms with Gasteiger partial charge in [-0.1, -0.05) is 13.0 Å². The molecule has 0 N–H and O–H groups in total. The van der Waals surface area contributed by atoms with Crippen LogP contribution in [-0.4, -0.2) is 5.71 Å². The maximum absolute atomic E-state index is 4.35. The molecule has 0 aromatic heterocycles. The topological polar surface area (TPSA) is 12.4 Å². The van der Waals surface area contributed by atoms with Gasteiger partial charge in [-0.3, -0.25) is 4.99 Å². The minimum absolute atomic E-state index is 0. The normalized spacial score (nSPS) is 15.4. The van der Waals surface area contributed by atoms with Crippen LogP contribution < -0.4 is 0 Å². The van der Waals surface area contributed by atoms with Gasteiger partial charge in [0.05, 0.1) is 0 Å². The molecule has 0 saturated carbocycles. The summed E-state index contributed by atoms with van der Waals surface area (Å²) in [5.41, 5.74) is 2.45. The molecule has 2 heteroatoms. The first-order chi connectivity index (χ1) is 4.36. The van der Waals surface area contributed by atoms with Gasteiger partial charge in [-0.25, -0.2) is 0 Å². The summed E-state index contributed by atoms with van der Waals surface area (Å²) < 4.78 is 0. The van der Waals surface area contributed by atoms with Crippen molar-refractivity contribution in [1.29, 1.82) is 0 Å². The summed E-state index contributed by atoms with van der Waals surface area (Å²) in [6.45, 7) is 4.17. The molecule has 0 aromatic carbocycles. The number of hydrogen-bond acceptors (Lipinski definition) is 1. The molecule has 0 atom stereocenters. The summed E-state index contributed by atoms with van der Waals surface area (Å²) in [5.74, 6) is 0. The Morgan fingerprint density at radius 2 is 2.40 bits per heavy atom. The van der Waals surface area contributed by atoms with Crippen LogP contribution in [0.4, 0.5) is 0 Å². The van der Waals surface area contributed by atoms with Crippen LogP contribution in [0.5, 0.6) is 0 Å². The predicted molar refractivity (Wildman–Crippen MR) is 40.4 cm³/mol. The van der Waals surface area contributed by atoms with E-state index >= 15 is 0 Å². The van der Waals surface area contributed by atoms with Crippen LogP contribution in [0.25, 0.3) is 0 Å². The Bertz CT molecular complexity index is 159. The molecule has 0 unspecified atom stereocenters. The van der Waals surface area contributed by atoms with E-state index in [1.165, 1.54) is 11.4 Å². The smallest absolute Gasteiger partial charge is 0.0333 e. The van der Waals surface area contributed by atoms with E-state index in [0.717, 1.165) is 12.8 Å². The van der Waals surface area contributed by atoms with E-state index in [-0.39, 0.29) is 21.1 Å². The van der Waals surface area contributed by atoms with Crippen molar-refractivity contribution in [3.05, 3.63) is 18.2 Å². The van der Waals surface area contributed by atoms with Gasteiger partial charge < -0.3 is 6.42 Å². The first kappa shape index (κ1) is 9.97. The van der Waals surface area contributed by atoms with Crippen molar-refractivity contribution in [3.63, 3.8) is 0 Å². The van der Waals surface area contributed by atoms with Crippen LogP contribution in [-0.2, 0) is 21.1 Å². The predicted octanol–water partition coefficient (Wildman–Crippen LogP) is 2.35. The Balaban J connectivity index is 0.000000810. The van der Waals surface area contributed by atoms with Gasteiger partial charge in [0.25, 0.3) is 0 Å². The van der Waals surface area contributed by atoms with Gasteiger partial charge in [0.15, 0.2) is 0 Å². The second-order valence-electron chi connectivity index (χ2n) is 2.14. The first-order valence-corrected chi connectivity index (χ1v) is 3.42. The monoisotopic (exact) mass is 306 g/mol. The molecular formula is C8H12NW-. The Labute approximate surface area is 76.9 Å². The fourth-order valence-electron chi connectivity index (χ4n) is 0.904. The maximum Gasteiger partial charge on any atom is 0.0333 e. The van der Waals surface area contributed by atoms with Gasteiger partial charge in [0.2, 0.25) is 0 Å². The minimum atomic E-state index is 0. The Hall–Kier alpha value is -0.0317. The zero-order valence-corrected chi connectivity index (χ0v) is 9.36. The van der Waals surface area contributed by atoms with Gasteiger partial charge in [-0.05, 0) is 12.8 Å². The van der Waals surface area contributed by atoms with E-state index in [2.05, 4.69) is 24.4 Å². The Kier molecular flexibility index (Phi) is 4.72. The van der Waals surface area contributed by atoms with Gasteiger partial charge in [-0.15, -0.1) is 5.71 Å². The maximum atomic E-state index is 4.35. The third-order valence-corrected chi connectivity index (χ3v) is 1.53. The zero-order chi connectivity index (χ0) is 6.69. The van der Waals surface area contributed by atoms with Crippen molar-refractivity contribution < 1.29 is 21.1 Å². The molecule has 1 aliphatic heterocycles. The van der Waals surface area contributed by atoms with E-state index in [1.54, 1.807) is 0 Å². The SMILES string of the molecule is C[CH-]C1=NC(CC)=CC1.[W]. The molecule has 1 nitrogen and oxygen atoms in total. The third-order valence-electron chi connectivity index (χ3n) is 1.53. The zero-order valence-electron chi connectivity index (χ0n) is 6.42. The molecule has 1 aliphatic rings. The number of hydrogen-bond donors (Lipinski definition) is 0. The van der Waals surface area contributed by atoms with Crippen molar-refractivity contribution in [2.75, 3.05) is 0 Å². The van der Waals surface area contributed by atoms with Gasteiger partial charge in [-0.2, -0.15) is 6.92 Å². The van der Waals surface area contributed by atoms with Crippen LogP contribution in [0, 0.1) is 6.42 Å². The minimum Gasteiger partial charge on any atom is -0.349 e. The molecule has 0 aromatic rings. The molecular weight excluding hydrogens is 294 g/mol. The van der Waals surface area contributed by atoms with E-state index in [9.17, 15) is 0 Å². The van der Waals surface area contributed by atoms with Crippen molar-refractivity contribution in [2.24, 2.45) is 4.99 Å². The molecule has 0 saturated heterocycles. The van der Waals surface area contributed by atoms with Gasteiger partial charge >= 0.3 is 0 Å². The summed E-state index contributed by atoms with van der Waals surface area (Å²) in [7, 11) is 0. The second kappa shape index (κ2) is 4.73. The van der Waals surface area contributed by atoms with Crippen LogP contribution in [0.3, 0.4) is 0 Å². The fourth-order valence-corrected chi connectivity index (χ4v) is 0.904. The van der Waals surface area contributed by atoms with Gasteiger partial charge in [0.1, 0.15) is 0 Å². The molecule has 0 fully saturated rings. The van der Waals surface area contributed by atoms with Crippen LogP contribution in [0.15, 0.2) is 16.8 Å². The van der Waals surface area contributed by atoms with E-state index in [4.69, 9.17) is 0 Å². The molecule has 0 aliphatic carbocycles. The Morgan fingerprint density at radius 3 is 2.70 bits per heavy atom. The largest absolute Gasteiger partial charge is 0.349 e. The van der Waals surface area contributed by atoms with E-state index < -0.39 is 0 Å². The van der Waals surface area contributed by atoms with E-state index in [1.807, 2.05) is 6.92 Å². The summed E-state index contributed by atoms with van der Waals surface area (Å²) in [5, 5.41) is 0. The van der Waals surface area contributed by atoms with E-state index in [0.29, 0.717) is 0 Å². The molecule has 0 radical (unpaired) electrons. The molecule has 1 rings (SSSR count). The summed E-state index contributed by atoms with van der Waals surface area (Å²) >= 11 is 0. The fraction of sp³-hybridized carbons (Fsp3) is 0.500. The molecule has 0 spiro atoms.